The van der Waals surface area contributed by atoms with Gasteiger partial charge in [0.25, 0.3) is 0 Å². The Kier molecular flexibility index (Phi) is 4.93. The molecule has 0 spiro atoms. The molecular weight excluding hydrogens is 334 g/mol. The van der Waals surface area contributed by atoms with Crippen molar-refractivity contribution in [3.05, 3.63) is 52.7 Å². The summed E-state index contributed by atoms with van der Waals surface area (Å²) in [6, 6.07) is 12.0. The molecule has 5 nitrogen and oxygen atoms in total. The fourth-order valence-electron chi connectivity index (χ4n) is 2.12. The summed E-state index contributed by atoms with van der Waals surface area (Å²) in [6.45, 7) is 1.97. The molecule has 7 heteroatoms. The van der Waals surface area contributed by atoms with Crippen molar-refractivity contribution in [1.29, 1.82) is 5.26 Å². The largest absolute Gasteiger partial charge is 0.353 e. The second-order valence-electron chi connectivity index (χ2n) is 5.24. The molecule has 0 saturated carbocycles. The SMILES string of the molecule is CC(c1ccc(S(C)(=O)=O)cc1)N(C)c1ccc(Cl)c(C#N)n1. The van der Waals surface area contributed by atoms with E-state index in [4.69, 9.17) is 16.9 Å². The number of anilines is 1. The van der Waals surface area contributed by atoms with Crippen LogP contribution in [-0.2, 0) is 9.84 Å². The van der Waals surface area contributed by atoms with Crippen molar-refractivity contribution in [3.63, 3.8) is 0 Å². The molecule has 0 aliphatic heterocycles. The van der Waals surface area contributed by atoms with Crippen LogP contribution in [0.3, 0.4) is 0 Å². The van der Waals surface area contributed by atoms with Gasteiger partial charge in [-0.05, 0) is 36.8 Å². The third-order valence-corrected chi connectivity index (χ3v) is 5.10. The zero-order chi connectivity index (χ0) is 17.2. The smallest absolute Gasteiger partial charge is 0.175 e. The van der Waals surface area contributed by atoms with Crippen molar-refractivity contribution in [1.82, 2.24) is 4.98 Å². The fourth-order valence-corrected chi connectivity index (χ4v) is 2.90. The molecule has 0 N–H and O–H groups in total. The Hall–Kier alpha value is -2.10. The third-order valence-electron chi connectivity index (χ3n) is 3.67. The number of benzene rings is 1. The van der Waals surface area contributed by atoms with Crippen LogP contribution in [0.5, 0.6) is 0 Å². The van der Waals surface area contributed by atoms with Gasteiger partial charge in [0, 0.05) is 13.3 Å². The summed E-state index contributed by atoms with van der Waals surface area (Å²) in [7, 11) is -1.35. The highest BCUT2D eigenvalue weighted by atomic mass is 35.5. The quantitative estimate of drug-likeness (QED) is 0.847. The van der Waals surface area contributed by atoms with E-state index in [2.05, 4.69) is 4.98 Å². The first-order chi connectivity index (χ1) is 10.7. The van der Waals surface area contributed by atoms with Crippen LogP contribution in [0, 0.1) is 11.3 Å². The van der Waals surface area contributed by atoms with Crippen LogP contribution in [0.4, 0.5) is 5.82 Å². The standard InChI is InChI=1S/C16H16ClN3O2S/c1-11(12-4-6-13(7-5-12)23(3,21)22)20(2)16-9-8-14(17)15(10-18)19-16/h4-9,11H,1-3H3. The summed E-state index contributed by atoms with van der Waals surface area (Å²) >= 11 is 5.90. The van der Waals surface area contributed by atoms with Crippen molar-refractivity contribution in [2.24, 2.45) is 0 Å². The molecule has 0 bridgehead atoms. The normalized spacial score (nSPS) is 12.5. The molecule has 23 heavy (non-hydrogen) atoms. The van der Waals surface area contributed by atoms with Crippen molar-refractivity contribution >= 4 is 27.3 Å². The predicted molar refractivity (Wildman–Crippen MR) is 90.3 cm³/mol. The van der Waals surface area contributed by atoms with Crippen molar-refractivity contribution < 1.29 is 8.42 Å². The predicted octanol–water partition coefficient (Wildman–Crippen LogP) is 3.21. The second kappa shape index (κ2) is 6.57. The van der Waals surface area contributed by atoms with Gasteiger partial charge >= 0.3 is 0 Å². The molecule has 2 aromatic rings. The molecule has 1 atom stereocenters. The summed E-state index contributed by atoms with van der Waals surface area (Å²) in [4.78, 5) is 6.41. The van der Waals surface area contributed by atoms with Crippen LogP contribution in [0.1, 0.15) is 24.2 Å². The number of nitriles is 1. The van der Waals surface area contributed by atoms with Gasteiger partial charge in [0.1, 0.15) is 11.9 Å². The van der Waals surface area contributed by atoms with Gasteiger partial charge in [-0.3, -0.25) is 0 Å². The summed E-state index contributed by atoms with van der Waals surface area (Å²) in [5, 5.41) is 9.33. The average Bonchev–Trinajstić information content (AvgIpc) is 2.53. The van der Waals surface area contributed by atoms with E-state index < -0.39 is 9.84 Å². The average molecular weight is 350 g/mol. The summed E-state index contributed by atoms with van der Waals surface area (Å²) in [6.07, 6.45) is 1.18. The van der Waals surface area contributed by atoms with Crippen molar-refractivity contribution in [3.8, 4) is 6.07 Å². The molecule has 0 fully saturated rings. The minimum Gasteiger partial charge on any atom is -0.353 e. The van der Waals surface area contributed by atoms with Crippen LogP contribution in [0.25, 0.3) is 0 Å². The van der Waals surface area contributed by atoms with Crippen LogP contribution >= 0.6 is 11.6 Å². The minimum absolute atomic E-state index is 0.0520. The Labute approximate surface area is 141 Å². The fraction of sp³-hybridized carbons (Fsp3) is 0.250. The lowest BCUT2D eigenvalue weighted by Crippen LogP contribution is -2.22. The van der Waals surface area contributed by atoms with Gasteiger partial charge in [-0.25, -0.2) is 13.4 Å². The highest BCUT2D eigenvalue weighted by Crippen LogP contribution is 2.26. The number of sulfone groups is 1. The number of rotatable bonds is 4. The molecule has 120 valence electrons. The maximum Gasteiger partial charge on any atom is 0.175 e. The summed E-state index contributed by atoms with van der Waals surface area (Å²) in [5.74, 6) is 0.616. The van der Waals surface area contributed by atoms with E-state index in [1.807, 2.05) is 24.9 Å². The van der Waals surface area contributed by atoms with Crippen molar-refractivity contribution in [2.45, 2.75) is 17.9 Å². The van der Waals surface area contributed by atoms with Gasteiger partial charge < -0.3 is 4.90 Å². The lowest BCUT2D eigenvalue weighted by molar-refractivity contribution is 0.601. The van der Waals surface area contributed by atoms with E-state index in [0.29, 0.717) is 10.8 Å². The van der Waals surface area contributed by atoms with E-state index in [-0.39, 0.29) is 16.6 Å². The minimum atomic E-state index is -3.21. The van der Waals surface area contributed by atoms with Gasteiger partial charge in [-0.15, -0.1) is 0 Å². The molecular formula is C16H16ClN3O2S. The molecule has 0 aliphatic carbocycles. The first-order valence-electron chi connectivity index (χ1n) is 6.83. The highest BCUT2D eigenvalue weighted by molar-refractivity contribution is 7.90. The number of pyridine rings is 1. The molecule has 0 amide bonds. The topological polar surface area (TPSA) is 74.1 Å². The Bertz CT molecular complexity index is 858. The molecule has 1 aromatic carbocycles. The van der Waals surface area contributed by atoms with Gasteiger partial charge in [0.15, 0.2) is 15.5 Å². The van der Waals surface area contributed by atoms with Gasteiger partial charge in [0.05, 0.1) is 16.0 Å². The maximum absolute atomic E-state index is 11.5. The lowest BCUT2D eigenvalue weighted by Gasteiger charge is -2.26. The molecule has 2 rings (SSSR count). The number of halogens is 1. The number of nitrogens with zero attached hydrogens (tertiary/aromatic N) is 3. The van der Waals surface area contributed by atoms with Crippen LogP contribution in [0.2, 0.25) is 5.02 Å². The number of hydrogen-bond acceptors (Lipinski definition) is 5. The number of hydrogen-bond donors (Lipinski definition) is 0. The molecule has 1 unspecified atom stereocenters. The van der Waals surface area contributed by atoms with E-state index in [1.165, 1.54) is 6.26 Å². The zero-order valence-corrected chi connectivity index (χ0v) is 14.6. The monoisotopic (exact) mass is 349 g/mol. The van der Waals surface area contributed by atoms with Crippen LogP contribution in [0.15, 0.2) is 41.3 Å². The van der Waals surface area contributed by atoms with Crippen molar-refractivity contribution in [2.75, 3.05) is 18.2 Å². The number of aromatic nitrogens is 1. The first-order valence-corrected chi connectivity index (χ1v) is 9.10. The Morgan fingerprint density at radius 2 is 1.83 bits per heavy atom. The Morgan fingerprint density at radius 3 is 2.35 bits per heavy atom. The molecule has 1 heterocycles. The molecule has 0 aliphatic rings. The van der Waals surface area contributed by atoms with Crippen LogP contribution < -0.4 is 4.90 Å². The zero-order valence-electron chi connectivity index (χ0n) is 13.0. The Morgan fingerprint density at radius 1 is 1.22 bits per heavy atom. The highest BCUT2D eigenvalue weighted by Gasteiger charge is 2.16. The summed E-state index contributed by atoms with van der Waals surface area (Å²) in [5.41, 5.74) is 1.12. The van der Waals surface area contributed by atoms with Gasteiger partial charge in [0.2, 0.25) is 0 Å². The van der Waals surface area contributed by atoms with Crippen LogP contribution in [-0.4, -0.2) is 26.7 Å². The van der Waals surface area contributed by atoms with E-state index in [1.54, 1.807) is 36.4 Å². The van der Waals surface area contributed by atoms with E-state index >= 15 is 0 Å². The lowest BCUT2D eigenvalue weighted by atomic mass is 10.1. The molecule has 0 radical (unpaired) electrons. The van der Waals surface area contributed by atoms with E-state index in [0.717, 1.165) is 5.56 Å². The maximum atomic E-state index is 11.5. The van der Waals surface area contributed by atoms with Gasteiger partial charge in [-0.2, -0.15) is 5.26 Å². The second-order valence-corrected chi connectivity index (χ2v) is 7.66. The summed E-state index contributed by atoms with van der Waals surface area (Å²) < 4.78 is 23.0. The Balaban J connectivity index is 2.29. The third kappa shape index (κ3) is 3.81. The van der Waals surface area contributed by atoms with Gasteiger partial charge in [-0.1, -0.05) is 23.7 Å². The molecule has 0 saturated heterocycles. The first kappa shape index (κ1) is 17.3. The van der Waals surface area contributed by atoms with E-state index in [9.17, 15) is 8.42 Å². The molecule has 1 aromatic heterocycles.